The van der Waals surface area contributed by atoms with Crippen molar-refractivity contribution in [2.24, 2.45) is 0 Å². The highest BCUT2D eigenvalue weighted by Gasteiger charge is 2.27. The molecule has 5 nitrogen and oxygen atoms in total. The van der Waals surface area contributed by atoms with Gasteiger partial charge < -0.3 is 4.90 Å². The monoisotopic (exact) mass is 312 g/mol. The summed E-state index contributed by atoms with van der Waals surface area (Å²) in [5.74, 6) is -0.327. The van der Waals surface area contributed by atoms with Gasteiger partial charge in [0.25, 0.3) is 11.6 Å². The van der Waals surface area contributed by atoms with E-state index in [-0.39, 0.29) is 23.2 Å². The fourth-order valence-corrected chi connectivity index (χ4v) is 2.24. The van der Waals surface area contributed by atoms with Crippen molar-refractivity contribution in [3.8, 4) is 0 Å². The molecule has 0 aromatic heterocycles. The van der Waals surface area contributed by atoms with Gasteiger partial charge in [0.2, 0.25) is 0 Å². The van der Waals surface area contributed by atoms with Gasteiger partial charge in [0.05, 0.1) is 4.92 Å². The number of hydrogen-bond acceptors (Lipinski definition) is 3. The Morgan fingerprint density at radius 3 is 2.62 bits per heavy atom. The van der Waals surface area contributed by atoms with Crippen LogP contribution in [0, 0.1) is 10.1 Å². The highest BCUT2D eigenvalue weighted by molar-refractivity contribution is 6.31. The number of halogens is 1. The van der Waals surface area contributed by atoms with Crippen LogP contribution in [0.1, 0.15) is 50.4 Å². The molecular formula is C15H21ClN2O3. The minimum atomic E-state index is -0.543. The van der Waals surface area contributed by atoms with Crippen molar-refractivity contribution in [2.75, 3.05) is 6.54 Å². The van der Waals surface area contributed by atoms with Crippen LogP contribution < -0.4 is 0 Å². The van der Waals surface area contributed by atoms with E-state index in [1.54, 1.807) is 4.90 Å². The van der Waals surface area contributed by atoms with Crippen molar-refractivity contribution in [3.05, 3.63) is 38.9 Å². The Morgan fingerprint density at radius 1 is 1.43 bits per heavy atom. The molecule has 1 rings (SSSR count). The molecule has 0 saturated heterocycles. The summed E-state index contributed by atoms with van der Waals surface area (Å²) < 4.78 is 0. The van der Waals surface area contributed by atoms with Crippen LogP contribution in [-0.4, -0.2) is 28.3 Å². The minimum absolute atomic E-state index is 0.0302. The van der Waals surface area contributed by atoms with E-state index in [9.17, 15) is 14.9 Å². The standard InChI is InChI=1S/C15H21ClN2O3/c1-4-6-9-17(11(3)5-2)15(19)13-10-12(16)7-8-14(13)18(20)21/h7-8,10-11H,4-6,9H2,1-3H3. The lowest BCUT2D eigenvalue weighted by molar-refractivity contribution is -0.385. The molecule has 0 bridgehead atoms. The smallest absolute Gasteiger partial charge is 0.282 e. The average molecular weight is 313 g/mol. The highest BCUT2D eigenvalue weighted by Crippen LogP contribution is 2.25. The number of benzene rings is 1. The van der Waals surface area contributed by atoms with E-state index in [2.05, 4.69) is 0 Å². The molecule has 0 spiro atoms. The number of nitro benzene ring substituents is 1. The zero-order valence-electron chi connectivity index (χ0n) is 12.6. The summed E-state index contributed by atoms with van der Waals surface area (Å²) in [6.45, 7) is 6.57. The topological polar surface area (TPSA) is 63.5 Å². The molecule has 0 aliphatic heterocycles. The number of rotatable bonds is 7. The second-order valence-corrected chi connectivity index (χ2v) is 5.46. The van der Waals surface area contributed by atoms with Gasteiger partial charge >= 0.3 is 0 Å². The van der Waals surface area contributed by atoms with Gasteiger partial charge in [-0.3, -0.25) is 14.9 Å². The van der Waals surface area contributed by atoms with Crippen molar-refractivity contribution < 1.29 is 9.72 Å². The molecule has 1 unspecified atom stereocenters. The normalized spacial score (nSPS) is 12.0. The third-order valence-corrected chi connectivity index (χ3v) is 3.76. The fourth-order valence-electron chi connectivity index (χ4n) is 2.06. The summed E-state index contributed by atoms with van der Waals surface area (Å²) in [5, 5.41) is 11.4. The highest BCUT2D eigenvalue weighted by atomic mass is 35.5. The Kier molecular flexibility index (Phi) is 6.62. The minimum Gasteiger partial charge on any atom is -0.336 e. The number of amides is 1. The maximum atomic E-state index is 12.7. The van der Waals surface area contributed by atoms with Crippen LogP contribution in [-0.2, 0) is 0 Å². The maximum absolute atomic E-state index is 12.7. The van der Waals surface area contributed by atoms with Gasteiger partial charge in [-0.2, -0.15) is 0 Å². The van der Waals surface area contributed by atoms with Crippen molar-refractivity contribution in [1.29, 1.82) is 0 Å². The quantitative estimate of drug-likeness (QED) is 0.557. The summed E-state index contributed by atoms with van der Waals surface area (Å²) in [6, 6.07) is 4.12. The first kappa shape index (κ1) is 17.4. The number of carbonyl (C=O) groups is 1. The Hall–Kier alpha value is -1.62. The van der Waals surface area contributed by atoms with Crippen LogP contribution in [0.15, 0.2) is 18.2 Å². The molecule has 0 N–H and O–H groups in total. The summed E-state index contributed by atoms with van der Waals surface area (Å²) >= 11 is 5.89. The second-order valence-electron chi connectivity index (χ2n) is 5.03. The van der Waals surface area contributed by atoms with Crippen LogP contribution in [0.5, 0.6) is 0 Å². The van der Waals surface area contributed by atoms with E-state index in [4.69, 9.17) is 11.6 Å². The SMILES string of the molecule is CCCCN(C(=O)c1cc(Cl)ccc1[N+](=O)[O-])C(C)CC. The Labute approximate surface area is 130 Å². The second kappa shape index (κ2) is 7.98. The van der Waals surface area contributed by atoms with Crippen LogP contribution >= 0.6 is 11.6 Å². The van der Waals surface area contributed by atoms with Crippen LogP contribution in [0.4, 0.5) is 5.69 Å². The Bertz CT molecular complexity index is 520. The summed E-state index contributed by atoms with van der Waals surface area (Å²) in [7, 11) is 0. The molecule has 1 aromatic rings. The zero-order valence-corrected chi connectivity index (χ0v) is 13.4. The molecule has 0 aliphatic carbocycles. The van der Waals surface area contributed by atoms with E-state index in [0.29, 0.717) is 11.6 Å². The van der Waals surface area contributed by atoms with Crippen molar-refractivity contribution in [1.82, 2.24) is 4.90 Å². The van der Waals surface area contributed by atoms with Gasteiger partial charge in [-0.25, -0.2) is 0 Å². The molecule has 0 heterocycles. The molecule has 0 aliphatic rings. The predicted molar refractivity (Wildman–Crippen MR) is 83.8 cm³/mol. The number of unbranched alkanes of at least 4 members (excludes halogenated alkanes) is 1. The average Bonchev–Trinajstić information content (AvgIpc) is 2.46. The molecule has 21 heavy (non-hydrogen) atoms. The van der Waals surface area contributed by atoms with Gasteiger partial charge in [-0.05, 0) is 31.9 Å². The molecule has 1 amide bonds. The molecule has 1 aromatic carbocycles. The molecule has 6 heteroatoms. The van der Waals surface area contributed by atoms with E-state index in [0.717, 1.165) is 19.3 Å². The van der Waals surface area contributed by atoms with Gasteiger partial charge in [-0.1, -0.05) is 31.9 Å². The fraction of sp³-hybridized carbons (Fsp3) is 0.533. The van der Waals surface area contributed by atoms with E-state index >= 15 is 0 Å². The van der Waals surface area contributed by atoms with E-state index in [1.807, 2.05) is 20.8 Å². The summed E-state index contributed by atoms with van der Waals surface area (Å²) in [5.41, 5.74) is -0.141. The van der Waals surface area contributed by atoms with Gasteiger partial charge in [0.1, 0.15) is 5.56 Å². The summed E-state index contributed by atoms with van der Waals surface area (Å²) in [4.78, 5) is 24.9. The molecule has 116 valence electrons. The molecular weight excluding hydrogens is 292 g/mol. The van der Waals surface area contributed by atoms with E-state index < -0.39 is 4.92 Å². The number of nitro groups is 1. The van der Waals surface area contributed by atoms with Gasteiger partial charge in [0.15, 0.2) is 0 Å². The first-order valence-electron chi connectivity index (χ1n) is 7.17. The van der Waals surface area contributed by atoms with Crippen molar-refractivity contribution >= 4 is 23.2 Å². The lowest BCUT2D eigenvalue weighted by atomic mass is 10.1. The lowest BCUT2D eigenvalue weighted by Gasteiger charge is -2.28. The van der Waals surface area contributed by atoms with Gasteiger partial charge in [-0.15, -0.1) is 0 Å². The van der Waals surface area contributed by atoms with Gasteiger partial charge in [0, 0.05) is 23.7 Å². The Balaban J connectivity index is 3.18. The number of nitrogens with zero attached hydrogens (tertiary/aromatic N) is 2. The largest absolute Gasteiger partial charge is 0.336 e. The lowest BCUT2D eigenvalue weighted by Crippen LogP contribution is -2.39. The molecule has 0 fully saturated rings. The van der Waals surface area contributed by atoms with Crippen LogP contribution in [0.2, 0.25) is 5.02 Å². The third kappa shape index (κ3) is 4.43. The Morgan fingerprint density at radius 2 is 2.10 bits per heavy atom. The van der Waals surface area contributed by atoms with Crippen LogP contribution in [0.25, 0.3) is 0 Å². The maximum Gasteiger partial charge on any atom is 0.282 e. The molecule has 0 radical (unpaired) electrons. The third-order valence-electron chi connectivity index (χ3n) is 3.52. The number of carbonyl (C=O) groups excluding carboxylic acids is 1. The van der Waals surface area contributed by atoms with Crippen molar-refractivity contribution in [2.45, 2.75) is 46.1 Å². The van der Waals surface area contributed by atoms with E-state index in [1.165, 1.54) is 18.2 Å². The number of hydrogen-bond donors (Lipinski definition) is 0. The molecule has 1 atom stereocenters. The van der Waals surface area contributed by atoms with Crippen LogP contribution in [0.3, 0.4) is 0 Å². The summed E-state index contributed by atoms with van der Waals surface area (Å²) in [6.07, 6.45) is 2.62. The predicted octanol–water partition coefficient (Wildman–Crippen LogP) is 4.29. The first-order valence-corrected chi connectivity index (χ1v) is 7.55. The van der Waals surface area contributed by atoms with Crippen molar-refractivity contribution in [3.63, 3.8) is 0 Å². The molecule has 0 saturated carbocycles. The first-order chi connectivity index (χ1) is 9.92. The zero-order chi connectivity index (χ0) is 16.0.